The number of hydrogen-bond acceptors (Lipinski definition) is 10. The van der Waals surface area contributed by atoms with Gasteiger partial charge in [0.15, 0.2) is 16.4 Å². The van der Waals surface area contributed by atoms with Crippen molar-refractivity contribution >= 4 is 33.6 Å². The third kappa shape index (κ3) is 11.3. The van der Waals surface area contributed by atoms with Crippen molar-refractivity contribution in [2.45, 2.75) is 10.6 Å². The first-order chi connectivity index (χ1) is 18.1. The second-order valence-corrected chi connectivity index (χ2v) is 9.55. The van der Waals surface area contributed by atoms with Crippen LogP contribution < -0.4 is 15.4 Å². The number of ether oxygens (including phenoxy) is 3. The molecule has 2 amide bonds. The fourth-order valence-electron chi connectivity index (χ4n) is 2.79. The van der Waals surface area contributed by atoms with Crippen LogP contribution in [0.25, 0.3) is 0 Å². The monoisotopic (exact) mass is 553 g/mol. The van der Waals surface area contributed by atoms with Crippen LogP contribution in [-0.4, -0.2) is 93.5 Å². The van der Waals surface area contributed by atoms with Crippen LogP contribution in [0.15, 0.2) is 47.5 Å². The molecule has 0 spiro atoms. The van der Waals surface area contributed by atoms with E-state index in [0.29, 0.717) is 0 Å². The molecule has 0 aliphatic heterocycles. The lowest BCUT2D eigenvalue weighted by Crippen LogP contribution is -2.33. The smallest absolute Gasteiger partial charge is 0.341 e. The van der Waals surface area contributed by atoms with Crippen LogP contribution in [0.2, 0.25) is 0 Å². The van der Waals surface area contributed by atoms with Crippen LogP contribution in [0, 0.1) is 0 Å². The highest BCUT2D eigenvalue weighted by atomic mass is 32.2. The number of carbonyl (C=O) groups is 4. The van der Waals surface area contributed by atoms with E-state index in [2.05, 4.69) is 15.6 Å². The van der Waals surface area contributed by atoms with Gasteiger partial charge in [-0.2, -0.15) is 0 Å². The summed E-state index contributed by atoms with van der Waals surface area (Å²) in [5.41, 5.74) is 0.417. The van der Waals surface area contributed by atoms with Gasteiger partial charge in [0.25, 0.3) is 5.91 Å². The highest BCUT2D eigenvalue weighted by Gasteiger charge is 2.17. The van der Waals surface area contributed by atoms with Crippen molar-refractivity contribution in [3.05, 3.63) is 53.9 Å². The van der Waals surface area contributed by atoms with Crippen LogP contribution in [0.1, 0.15) is 16.1 Å². The molecule has 0 bridgehead atoms. The average Bonchev–Trinajstić information content (AvgIpc) is 2.87. The van der Waals surface area contributed by atoms with Crippen LogP contribution in [0.5, 0.6) is 5.75 Å². The maximum atomic E-state index is 12.6. The van der Waals surface area contributed by atoms with Crippen molar-refractivity contribution in [1.29, 1.82) is 0 Å². The van der Waals surface area contributed by atoms with Gasteiger partial charge in [-0.15, -0.1) is 0 Å². The molecule has 0 atom stereocenters. The summed E-state index contributed by atoms with van der Waals surface area (Å²) in [5.74, 6) is -3.34. The van der Waals surface area contributed by atoms with Crippen molar-refractivity contribution in [3.8, 4) is 5.75 Å². The van der Waals surface area contributed by atoms with Gasteiger partial charge in [0.1, 0.15) is 19.0 Å². The van der Waals surface area contributed by atoms with Crippen LogP contribution in [0.3, 0.4) is 0 Å². The standard InChI is InChI=1S/C23H27N3O11S/c27-20(24-7-9-36-13-21(28)29)12-35-10-8-25-23(32)16-1-2-17(26-11-16)15-38(33,34)19-5-3-18(4-6-19)37-14-22(30)31/h1-6,11H,7-10,12-15H2,(H,24,27)(H,25,32)(H,28,29)(H,30,31). The van der Waals surface area contributed by atoms with Crippen molar-refractivity contribution < 1.29 is 52.0 Å². The Morgan fingerprint density at radius 1 is 0.816 bits per heavy atom. The van der Waals surface area contributed by atoms with Crippen molar-refractivity contribution in [2.24, 2.45) is 0 Å². The van der Waals surface area contributed by atoms with Gasteiger partial charge in [-0.05, 0) is 36.4 Å². The molecule has 38 heavy (non-hydrogen) atoms. The topological polar surface area (TPSA) is 208 Å². The summed E-state index contributed by atoms with van der Waals surface area (Å²) >= 11 is 0. The predicted octanol–water partition coefficient (Wildman–Crippen LogP) is -0.517. The minimum Gasteiger partial charge on any atom is -0.482 e. The van der Waals surface area contributed by atoms with Gasteiger partial charge in [-0.1, -0.05) is 0 Å². The lowest BCUT2D eigenvalue weighted by atomic mass is 10.2. The molecule has 4 N–H and O–H groups in total. The number of rotatable bonds is 17. The fraction of sp³-hybridized carbons (Fsp3) is 0.348. The third-order valence-corrected chi connectivity index (χ3v) is 6.20. The zero-order chi connectivity index (χ0) is 28.0. The van der Waals surface area contributed by atoms with Crippen LogP contribution in [0.4, 0.5) is 0 Å². The van der Waals surface area contributed by atoms with E-state index in [0.717, 1.165) is 0 Å². The van der Waals surface area contributed by atoms with E-state index in [1.54, 1.807) is 0 Å². The molecule has 0 aliphatic rings. The highest BCUT2D eigenvalue weighted by Crippen LogP contribution is 2.19. The molecule has 1 aromatic carbocycles. The zero-order valence-electron chi connectivity index (χ0n) is 20.1. The Hall–Kier alpha value is -4.08. The number of carboxylic acids is 2. The molecular formula is C23H27N3O11S. The van der Waals surface area contributed by atoms with Crippen molar-refractivity contribution in [2.75, 3.05) is 46.1 Å². The molecule has 1 heterocycles. The van der Waals surface area contributed by atoms with Gasteiger partial charge < -0.3 is 35.1 Å². The molecule has 2 rings (SSSR count). The second-order valence-electron chi connectivity index (χ2n) is 7.56. The Bertz CT molecular complexity index is 1200. The van der Waals surface area contributed by atoms with Crippen LogP contribution in [-0.2, 0) is 39.4 Å². The van der Waals surface area contributed by atoms with E-state index in [4.69, 9.17) is 24.4 Å². The minimum atomic E-state index is -3.75. The van der Waals surface area contributed by atoms with Gasteiger partial charge in [-0.3, -0.25) is 14.6 Å². The van der Waals surface area contributed by atoms with Gasteiger partial charge in [-0.25, -0.2) is 18.0 Å². The molecule has 0 aliphatic carbocycles. The molecule has 0 saturated heterocycles. The van der Waals surface area contributed by atoms with Crippen molar-refractivity contribution in [3.63, 3.8) is 0 Å². The molecule has 14 nitrogen and oxygen atoms in total. The van der Waals surface area contributed by atoms with E-state index in [1.807, 2.05) is 0 Å². The molecule has 0 radical (unpaired) electrons. The van der Waals surface area contributed by atoms with Gasteiger partial charge >= 0.3 is 11.9 Å². The first kappa shape index (κ1) is 30.1. The number of hydrogen-bond donors (Lipinski definition) is 4. The SMILES string of the molecule is O=C(O)COCCNC(=O)COCCNC(=O)c1ccc(CS(=O)(=O)c2ccc(OCC(=O)O)cc2)nc1. The number of aliphatic carboxylic acids is 2. The number of pyridine rings is 1. The molecule has 0 saturated carbocycles. The van der Waals surface area contributed by atoms with Gasteiger partial charge in [0, 0.05) is 19.3 Å². The van der Waals surface area contributed by atoms with E-state index < -0.39 is 52.6 Å². The number of amides is 2. The van der Waals surface area contributed by atoms with E-state index in [1.165, 1.54) is 42.6 Å². The third-order valence-electron chi connectivity index (χ3n) is 4.53. The second kappa shape index (κ2) is 15.2. The van der Waals surface area contributed by atoms with Gasteiger partial charge in [0.05, 0.1) is 35.1 Å². The predicted molar refractivity (Wildman–Crippen MR) is 129 cm³/mol. The lowest BCUT2D eigenvalue weighted by Gasteiger charge is -2.08. The molecule has 2 aromatic rings. The number of carboxylic acid groups (broad SMARTS) is 2. The quantitative estimate of drug-likeness (QED) is 0.183. The number of nitrogens with one attached hydrogen (secondary N) is 2. The molecule has 206 valence electrons. The number of sulfone groups is 1. The number of nitrogens with zero attached hydrogens (tertiary/aromatic N) is 1. The Kier molecular flexibility index (Phi) is 12.1. The Balaban J connectivity index is 1.71. The van der Waals surface area contributed by atoms with E-state index in [9.17, 15) is 27.6 Å². The molecule has 1 aromatic heterocycles. The van der Waals surface area contributed by atoms with Gasteiger partial charge in [0.2, 0.25) is 5.91 Å². The molecule has 15 heteroatoms. The largest absolute Gasteiger partial charge is 0.482 e. The van der Waals surface area contributed by atoms with Crippen molar-refractivity contribution in [1.82, 2.24) is 15.6 Å². The summed E-state index contributed by atoms with van der Waals surface area (Å²) in [4.78, 5) is 48.7. The summed E-state index contributed by atoms with van der Waals surface area (Å²) in [7, 11) is -3.75. The summed E-state index contributed by atoms with van der Waals surface area (Å²) < 4.78 is 40.2. The fourth-order valence-corrected chi connectivity index (χ4v) is 4.06. The number of benzene rings is 1. The number of carbonyl (C=O) groups excluding carboxylic acids is 2. The normalized spacial score (nSPS) is 10.9. The number of aromatic nitrogens is 1. The van der Waals surface area contributed by atoms with E-state index in [-0.39, 0.29) is 54.8 Å². The zero-order valence-corrected chi connectivity index (χ0v) is 20.9. The maximum Gasteiger partial charge on any atom is 0.341 e. The highest BCUT2D eigenvalue weighted by molar-refractivity contribution is 7.90. The Morgan fingerprint density at radius 3 is 2.05 bits per heavy atom. The molecule has 0 unspecified atom stereocenters. The average molecular weight is 554 g/mol. The maximum absolute atomic E-state index is 12.6. The molecular weight excluding hydrogens is 526 g/mol. The van der Waals surface area contributed by atoms with E-state index >= 15 is 0 Å². The summed E-state index contributed by atoms with van der Waals surface area (Å²) in [5, 5.41) is 22.1. The first-order valence-corrected chi connectivity index (χ1v) is 12.8. The molecule has 0 fully saturated rings. The lowest BCUT2D eigenvalue weighted by molar-refractivity contribution is -0.142. The minimum absolute atomic E-state index is 0.00370. The first-order valence-electron chi connectivity index (χ1n) is 11.1. The summed E-state index contributed by atoms with van der Waals surface area (Å²) in [6.07, 6.45) is 1.24. The van der Waals surface area contributed by atoms with Crippen LogP contribution >= 0.6 is 0 Å². The summed E-state index contributed by atoms with van der Waals surface area (Å²) in [6, 6.07) is 8.16. The Morgan fingerprint density at radius 2 is 1.45 bits per heavy atom. The Labute approximate surface area is 217 Å². The summed E-state index contributed by atoms with van der Waals surface area (Å²) in [6.45, 7) is -0.911.